The second-order valence-corrected chi connectivity index (χ2v) is 6.79. The highest BCUT2D eigenvalue weighted by atomic mass is 16.6. The number of nitrogens with zero attached hydrogens (tertiary/aromatic N) is 3. The summed E-state index contributed by atoms with van der Waals surface area (Å²) in [5.41, 5.74) is 3.16. The lowest BCUT2D eigenvalue weighted by molar-refractivity contribution is -0.393. The van der Waals surface area contributed by atoms with Crippen LogP contribution in [0.3, 0.4) is 0 Å². The fourth-order valence-corrected chi connectivity index (χ4v) is 2.84. The number of nitro benzene ring substituents is 2. The fraction of sp³-hybridized carbons (Fsp3) is 0.0909. The summed E-state index contributed by atoms with van der Waals surface area (Å²) in [5.74, 6) is -0.155. The van der Waals surface area contributed by atoms with Crippen molar-refractivity contribution in [1.29, 1.82) is 0 Å². The van der Waals surface area contributed by atoms with Gasteiger partial charge in [-0.25, -0.2) is 4.79 Å². The average molecular weight is 466 g/mol. The van der Waals surface area contributed by atoms with Crippen LogP contribution in [0.15, 0.2) is 65.8 Å². The number of benzene rings is 3. The van der Waals surface area contributed by atoms with Crippen LogP contribution < -0.4 is 14.9 Å². The van der Waals surface area contributed by atoms with Gasteiger partial charge in [-0.05, 0) is 47.5 Å². The fourth-order valence-electron chi connectivity index (χ4n) is 2.84. The van der Waals surface area contributed by atoms with E-state index in [1.165, 1.54) is 31.5 Å². The predicted octanol–water partition coefficient (Wildman–Crippen LogP) is 4.23. The summed E-state index contributed by atoms with van der Waals surface area (Å²) in [7, 11) is 1.46. The molecule has 0 spiro atoms. The van der Waals surface area contributed by atoms with Gasteiger partial charge in [0.15, 0.2) is 11.5 Å². The average Bonchev–Trinajstić information content (AvgIpc) is 2.83. The second kappa shape index (κ2) is 10.5. The molecule has 3 aromatic rings. The van der Waals surface area contributed by atoms with Gasteiger partial charge in [0.1, 0.15) is 12.3 Å². The molecule has 0 aliphatic carbocycles. The Morgan fingerprint density at radius 1 is 1.03 bits per heavy atom. The number of carboxylic acids is 1. The maximum absolute atomic E-state index is 11.2. The van der Waals surface area contributed by atoms with Gasteiger partial charge in [0.05, 0.1) is 34.8 Å². The SMILES string of the molecule is COc1cc(/C=N\Nc2ccc([N+](=O)[O-])cc2[N+](=O)[O-])ccc1OCc1ccc(C(=O)O)cc1. The number of non-ortho nitro benzene ring substituents is 1. The van der Waals surface area contributed by atoms with Gasteiger partial charge in [0.2, 0.25) is 0 Å². The van der Waals surface area contributed by atoms with Crippen molar-refractivity contribution < 1.29 is 29.2 Å². The molecule has 3 rings (SSSR count). The van der Waals surface area contributed by atoms with E-state index in [-0.39, 0.29) is 17.9 Å². The molecule has 0 unspecified atom stereocenters. The van der Waals surface area contributed by atoms with E-state index < -0.39 is 27.2 Å². The quantitative estimate of drug-likeness (QED) is 0.252. The third-order valence-electron chi connectivity index (χ3n) is 4.57. The molecule has 0 radical (unpaired) electrons. The number of carbonyl (C=O) groups is 1. The van der Waals surface area contributed by atoms with Gasteiger partial charge < -0.3 is 14.6 Å². The molecule has 0 saturated carbocycles. The standard InChI is InChI=1S/C22H18N4O8/c1-33-21-10-15(4-9-20(21)34-13-14-2-5-16(6-3-14)22(27)28)12-23-24-18-8-7-17(25(29)30)11-19(18)26(31)32/h2-12,24H,13H2,1H3,(H,27,28)/b23-12-. The summed E-state index contributed by atoms with van der Waals surface area (Å²) in [4.78, 5) is 31.5. The minimum Gasteiger partial charge on any atom is -0.493 e. The topological polar surface area (TPSA) is 166 Å². The third kappa shape index (κ3) is 5.82. The third-order valence-corrected chi connectivity index (χ3v) is 4.57. The molecule has 0 heterocycles. The first-order valence-corrected chi connectivity index (χ1v) is 9.63. The second-order valence-electron chi connectivity index (χ2n) is 6.79. The van der Waals surface area contributed by atoms with Crippen LogP contribution in [0.1, 0.15) is 21.5 Å². The maximum Gasteiger partial charge on any atom is 0.335 e. The Balaban J connectivity index is 1.69. The summed E-state index contributed by atoms with van der Waals surface area (Å²) in [6.45, 7) is 0.190. The minimum absolute atomic E-state index is 0.00677. The minimum atomic E-state index is -1.01. The molecular weight excluding hydrogens is 448 g/mol. The van der Waals surface area contributed by atoms with Gasteiger partial charge in [-0.3, -0.25) is 25.7 Å². The molecule has 0 aliphatic heterocycles. The highest BCUT2D eigenvalue weighted by Crippen LogP contribution is 2.30. The first-order valence-electron chi connectivity index (χ1n) is 9.63. The molecule has 0 fully saturated rings. The monoisotopic (exact) mass is 466 g/mol. The Bertz CT molecular complexity index is 1260. The van der Waals surface area contributed by atoms with Gasteiger partial charge >= 0.3 is 11.7 Å². The van der Waals surface area contributed by atoms with E-state index in [0.717, 1.165) is 17.7 Å². The van der Waals surface area contributed by atoms with Crippen molar-refractivity contribution >= 4 is 29.2 Å². The van der Waals surface area contributed by atoms with Crippen LogP contribution in [0.5, 0.6) is 11.5 Å². The van der Waals surface area contributed by atoms with E-state index in [0.29, 0.717) is 17.1 Å². The number of anilines is 1. The van der Waals surface area contributed by atoms with Gasteiger partial charge in [0, 0.05) is 6.07 Å². The number of ether oxygens (including phenoxy) is 2. The van der Waals surface area contributed by atoms with E-state index in [2.05, 4.69) is 10.5 Å². The number of methoxy groups -OCH3 is 1. The predicted molar refractivity (Wildman–Crippen MR) is 122 cm³/mol. The molecule has 0 atom stereocenters. The molecule has 0 aromatic heterocycles. The summed E-state index contributed by atoms with van der Waals surface area (Å²) in [6, 6.07) is 14.4. The zero-order chi connectivity index (χ0) is 24.7. The zero-order valence-electron chi connectivity index (χ0n) is 17.7. The molecule has 0 saturated heterocycles. The van der Waals surface area contributed by atoms with Crippen LogP contribution in [-0.2, 0) is 6.61 Å². The van der Waals surface area contributed by atoms with Crippen molar-refractivity contribution in [3.05, 3.63) is 97.6 Å². The Labute approximate surface area is 192 Å². The van der Waals surface area contributed by atoms with Gasteiger partial charge in [0.25, 0.3) is 5.69 Å². The van der Waals surface area contributed by atoms with Gasteiger partial charge in [-0.1, -0.05) is 12.1 Å². The number of nitrogens with one attached hydrogen (secondary N) is 1. The maximum atomic E-state index is 11.2. The number of nitro groups is 2. The smallest absolute Gasteiger partial charge is 0.335 e. The molecule has 0 aliphatic rings. The number of rotatable bonds is 10. The molecule has 3 aromatic carbocycles. The lowest BCUT2D eigenvalue weighted by Gasteiger charge is -2.11. The van der Waals surface area contributed by atoms with Crippen molar-refractivity contribution in [2.24, 2.45) is 5.10 Å². The summed E-state index contributed by atoms with van der Waals surface area (Å²) in [6.07, 6.45) is 1.39. The van der Waals surface area contributed by atoms with Crippen molar-refractivity contribution in [1.82, 2.24) is 0 Å². The van der Waals surface area contributed by atoms with Crippen LogP contribution in [0.2, 0.25) is 0 Å². The zero-order valence-corrected chi connectivity index (χ0v) is 17.7. The molecule has 2 N–H and O–H groups in total. The van der Waals surface area contributed by atoms with Gasteiger partial charge in [-0.2, -0.15) is 5.10 Å². The van der Waals surface area contributed by atoms with Gasteiger partial charge in [-0.15, -0.1) is 0 Å². The first-order chi connectivity index (χ1) is 16.3. The first kappa shape index (κ1) is 23.7. The molecule has 12 heteroatoms. The Kier molecular flexibility index (Phi) is 7.34. The van der Waals surface area contributed by atoms with Crippen LogP contribution in [0.4, 0.5) is 17.1 Å². The lowest BCUT2D eigenvalue weighted by Crippen LogP contribution is -2.01. The number of hydrazone groups is 1. The number of hydrogen-bond acceptors (Lipinski definition) is 9. The lowest BCUT2D eigenvalue weighted by atomic mass is 10.1. The summed E-state index contributed by atoms with van der Waals surface area (Å²) >= 11 is 0. The van der Waals surface area contributed by atoms with Crippen molar-refractivity contribution in [3.63, 3.8) is 0 Å². The summed E-state index contributed by atoms with van der Waals surface area (Å²) in [5, 5.41) is 34.9. The van der Waals surface area contributed by atoms with E-state index in [9.17, 15) is 25.0 Å². The van der Waals surface area contributed by atoms with Crippen LogP contribution >= 0.6 is 0 Å². The number of carboxylic acid groups (broad SMARTS) is 1. The van der Waals surface area contributed by atoms with Crippen LogP contribution in [0, 0.1) is 20.2 Å². The number of aromatic carboxylic acids is 1. The van der Waals surface area contributed by atoms with Crippen molar-refractivity contribution in [2.75, 3.05) is 12.5 Å². The largest absolute Gasteiger partial charge is 0.493 e. The molecule has 174 valence electrons. The van der Waals surface area contributed by atoms with E-state index >= 15 is 0 Å². The Morgan fingerprint density at radius 3 is 2.38 bits per heavy atom. The molecule has 34 heavy (non-hydrogen) atoms. The van der Waals surface area contributed by atoms with Crippen molar-refractivity contribution in [2.45, 2.75) is 6.61 Å². The van der Waals surface area contributed by atoms with Crippen LogP contribution in [0.25, 0.3) is 0 Å². The molecule has 0 amide bonds. The Morgan fingerprint density at radius 2 is 1.76 bits per heavy atom. The van der Waals surface area contributed by atoms with Crippen molar-refractivity contribution in [3.8, 4) is 11.5 Å². The molecule has 12 nitrogen and oxygen atoms in total. The van der Waals surface area contributed by atoms with E-state index in [1.54, 1.807) is 30.3 Å². The van der Waals surface area contributed by atoms with E-state index in [4.69, 9.17) is 14.6 Å². The summed E-state index contributed by atoms with van der Waals surface area (Å²) < 4.78 is 11.1. The number of hydrogen-bond donors (Lipinski definition) is 2. The molecular formula is C22H18N4O8. The normalized spacial score (nSPS) is 10.6. The highest BCUT2D eigenvalue weighted by Gasteiger charge is 2.19. The van der Waals surface area contributed by atoms with Crippen LogP contribution in [-0.4, -0.2) is 34.2 Å². The molecule has 0 bridgehead atoms. The van der Waals surface area contributed by atoms with E-state index in [1.807, 2.05) is 0 Å². The Hall–Kier alpha value is -5.00. The highest BCUT2D eigenvalue weighted by molar-refractivity contribution is 5.87.